The molecule has 1 saturated carbocycles. The molecule has 0 saturated heterocycles. The van der Waals surface area contributed by atoms with Crippen molar-refractivity contribution in [1.29, 1.82) is 0 Å². The predicted molar refractivity (Wildman–Crippen MR) is 91.0 cm³/mol. The van der Waals surface area contributed by atoms with Crippen LogP contribution in [0.4, 0.5) is 0 Å². The monoisotopic (exact) mass is 319 g/mol. The summed E-state index contributed by atoms with van der Waals surface area (Å²) in [5, 5.41) is 13.2. The minimum absolute atomic E-state index is 0.0342. The lowest BCUT2D eigenvalue weighted by Gasteiger charge is -2.27. The van der Waals surface area contributed by atoms with Crippen molar-refractivity contribution in [2.75, 3.05) is 7.11 Å². The van der Waals surface area contributed by atoms with E-state index in [1.807, 2.05) is 37.3 Å². The van der Waals surface area contributed by atoms with Crippen LogP contribution in [0.15, 0.2) is 30.3 Å². The fourth-order valence-electron chi connectivity index (χ4n) is 3.37. The highest BCUT2D eigenvalue weighted by molar-refractivity contribution is 5.76. The number of aliphatic hydroxyl groups is 1. The Bertz CT molecular complexity index is 469. The zero-order valence-corrected chi connectivity index (χ0v) is 14.2. The van der Waals surface area contributed by atoms with Crippen LogP contribution in [0.5, 0.6) is 0 Å². The lowest BCUT2D eigenvalue weighted by molar-refractivity contribution is -0.123. The molecule has 1 aliphatic carbocycles. The Morgan fingerprint density at radius 1 is 1.26 bits per heavy atom. The van der Waals surface area contributed by atoms with E-state index in [9.17, 15) is 9.90 Å². The quantitative estimate of drug-likeness (QED) is 0.811. The molecule has 2 rings (SSSR count). The molecule has 4 nitrogen and oxygen atoms in total. The van der Waals surface area contributed by atoms with Crippen LogP contribution < -0.4 is 5.32 Å². The van der Waals surface area contributed by atoms with Crippen LogP contribution in [0.1, 0.15) is 57.1 Å². The van der Waals surface area contributed by atoms with Gasteiger partial charge in [-0.15, -0.1) is 0 Å². The van der Waals surface area contributed by atoms with E-state index in [1.165, 1.54) is 0 Å². The smallest absolute Gasteiger partial charge is 0.220 e. The fraction of sp³-hybridized carbons (Fsp3) is 0.632. The molecular weight excluding hydrogens is 290 g/mol. The summed E-state index contributed by atoms with van der Waals surface area (Å²) in [6.45, 7) is 1.95. The van der Waals surface area contributed by atoms with Crippen LogP contribution >= 0.6 is 0 Å². The van der Waals surface area contributed by atoms with Crippen molar-refractivity contribution in [1.82, 2.24) is 5.32 Å². The number of methoxy groups -OCH3 is 1. The maximum absolute atomic E-state index is 12.2. The number of amides is 1. The first-order chi connectivity index (χ1) is 11.1. The Hall–Kier alpha value is -1.39. The van der Waals surface area contributed by atoms with Crippen LogP contribution in [0, 0.1) is 5.92 Å². The van der Waals surface area contributed by atoms with Gasteiger partial charge in [0.05, 0.1) is 12.2 Å². The van der Waals surface area contributed by atoms with E-state index in [0.717, 1.165) is 31.2 Å². The Labute approximate surface area is 139 Å². The van der Waals surface area contributed by atoms with Gasteiger partial charge in [0.1, 0.15) is 0 Å². The molecule has 1 aromatic rings. The summed E-state index contributed by atoms with van der Waals surface area (Å²) < 4.78 is 5.37. The second kappa shape index (κ2) is 9.04. The zero-order chi connectivity index (χ0) is 16.7. The number of carbonyl (C=O) groups excluding carboxylic acids is 1. The van der Waals surface area contributed by atoms with Crippen LogP contribution in [0.2, 0.25) is 0 Å². The summed E-state index contributed by atoms with van der Waals surface area (Å²) in [5.41, 5.74) is 0.895. The summed E-state index contributed by atoms with van der Waals surface area (Å²) in [5.74, 6) is 0.561. The molecule has 0 heterocycles. The predicted octanol–water partition coefficient (Wildman–Crippen LogP) is 3.21. The first-order valence-electron chi connectivity index (χ1n) is 8.63. The third kappa shape index (κ3) is 5.96. The second-order valence-electron chi connectivity index (χ2n) is 6.71. The molecule has 0 bridgehead atoms. The normalized spacial score (nSPS) is 24.0. The van der Waals surface area contributed by atoms with E-state index in [0.29, 0.717) is 24.9 Å². The Morgan fingerprint density at radius 2 is 1.91 bits per heavy atom. The fourth-order valence-corrected chi connectivity index (χ4v) is 3.37. The maximum Gasteiger partial charge on any atom is 0.220 e. The summed E-state index contributed by atoms with van der Waals surface area (Å²) >= 11 is 0. The molecule has 2 atom stereocenters. The van der Waals surface area contributed by atoms with E-state index >= 15 is 0 Å². The van der Waals surface area contributed by atoms with Crippen LogP contribution in [0.25, 0.3) is 0 Å². The molecule has 1 aromatic carbocycles. The second-order valence-corrected chi connectivity index (χ2v) is 6.71. The van der Waals surface area contributed by atoms with Crippen molar-refractivity contribution < 1.29 is 14.6 Å². The first-order valence-corrected chi connectivity index (χ1v) is 8.63. The lowest BCUT2D eigenvalue weighted by atomic mass is 9.85. The van der Waals surface area contributed by atoms with Gasteiger partial charge in [-0.25, -0.2) is 0 Å². The summed E-state index contributed by atoms with van der Waals surface area (Å²) in [4.78, 5) is 12.2. The van der Waals surface area contributed by atoms with Crippen molar-refractivity contribution >= 4 is 5.91 Å². The highest BCUT2D eigenvalue weighted by atomic mass is 16.5. The molecule has 0 spiro atoms. The zero-order valence-electron chi connectivity index (χ0n) is 14.2. The molecule has 23 heavy (non-hydrogen) atoms. The Kier molecular flexibility index (Phi) is 7.06. The molecule has 0 aliphatic heterocycles. The maximum atomic E-state index is 12.2. The number of rotatable bonds is 7. The molecule has 1 amide bonds. The van der Waals surface area contributed by atoms with E-state index in [1.54, 1.807) is 7.11 Å². The standard InChI is InChI=1S/C19H29NO3/c1-14(12-18(21)16-6-4-3-5-7-16)20-19(22)13-15-8-10-17(23-2)11-9-15/h3-7,14-15,17-18,21H,8-13H2,1-2H3,(H,20,22). The molecule has 0 aromatic heterocycles. The SMILES string of the molecule is COC1CCC(CC(=O)NC(C)CC(O)c2ccccc2)CC1. The van der Waals surface area contributed by atoms with E-state index < -0.39 is 6.10 Å². The van der Waals surface area contributed by atoms with Crippen molar-refractivity contribution in [3.8, 4) is 0 Å². The van der Waals surface area contributed by atoms with Crippen molar-refractivity contribution in [3.05, 3.63) is 35.9 Å². The van der Waals surface area contributed by atoms with Gasteiger partial charge in [-0.05, 0) is 50.5 Å². The van der Waals surface area contributed by atoms with E-state index in [-0.39, 0.29) is 11.9 Å². The average molecular weight is 319 g/mol. The number of benzene rings is 1. The number of carbonyl (C=O) groups is 1. The van der Waals surface area contributed by atoms with Gasteiger partial charge in [-0.2, -0.15) is 0 Å². The highest BCUT2D eigenvalue weighted by Gasteiger charge is 2.23. The van der Waals surface area contributed by atoms with E-state index in [2.05, 4.69) is 5.32 Å². The van der Waals surface area contributed by atoms with Crippen molar-refractivity contribution in [2.45, 2.75) is 63.7 Å². The van der Waals surface area contributed by atoms with Crippen molar-refractivity contribution in [2.24, 2.45) is 5.92 Å². The van der Waals surface area contributed by atoms with Gasteiger partial charge in [0.25, 0.3) is 0 Å². The van der Waals surface area contributed by atoms with Crippen molar-refractivity contribution in [3.63, 3.8) is 0 Å². The van der Waals surface area contributed by atoms with Gasteiger partial charge in [0.15, 0.2) is 0 Å². The molecule has 1 fully saturated rings. The molecule has 2 N–H and O–H groups in total. The van der Waals surface area contributed by atoms with Gasteiger partial charge in [0.2, 0.25) is 5.91 Å². The molecule has 4 heteroatoms. The van der Waals surface area contributed by atoms with Gasteiger partial charge >= 0.3 is 0 Å². The van der Waals surface area contributed by atoms with Crippen LogP contribution in [0.3, 0.4) is 0 Å². The minimum Gasteiger partial charge on any atom is -0.388 e. The summed E-state index contributed by atoms with van der Waals surface area (Å²) in [7, 11) is 1.76. The first kappa shape index (κ1) is 18.0. The molecule has 2 unspecified atom stereocenters. The third-order valence-electron chi connectivity index (χ3n) is 4.77. The number of hydrogen-bond acceptors (Lipinski definition) is 3. The molecular formula is C19H29NO3. The number of ether oxygens (including phenoxy) is 1. The Balaban J connectivity index is 1.70. The van der Waals surface area contributed by atoms with Gasteiger partial charge in [-0.1, -0.05) is 30.3 Å². The third-order valence-corrected chi connectivity index (χ3v) is 4.77. The molecule has 1 aliphatic rings. The molecule has 128 valence electrons. The molecule has 0 radical (unpaired) electrons. The average Bonchev–Trinajstić information content (AvgIpc) is 2.56. The van der Waals surface area contributed by atoms with Crippen LogP contribution in [-0.4, -0.2) is 30.3 Å². The van der Waals surface area contributed by atoms with E-state index in [4.69, 9.17) is 4.74 Å². The largest absolute Gasteiger partial charge is 0.388 e. The van der Waals surface area contributed by atoms with Gasteiger partial charge < -0.3 is 15.2 Å². The highest BCUT2D eigenvalue weighted by Crippen LogP contribution is 2.28. The number of aliphatic hydroxyl groups excluding tert-OH is 1. The summed E-state index contributed by atoms with van der Waals surface area (Å²) in [6, 6.07) is 9.55. The number of hydrogen-bond donors (Lipinski definition) is 2. The summed E-state index contributed by atoms with van der Waals surface area (Å²) in [6.07, 6.45) is 5.18. The lowest BCUT2D eigenvalue weighted by Crippen LogP contribution is -2.35. The van der Waals surface area contributed by atoms with Gasteiger partial charge in [-0.3, -0.25) is 4.79 Å². The number of nitrogens with one attached hydrogen (secondary N) is 1. The Morgan fingerprint density at radius 3 is 2.52 bits per heavy atom. The van der Waals surface area contributed by atoms with Gasteiger partial charge in [0, 0.05) is 19.6 Å². The van der Waals surface area contributed by atoms with Crippen LogP contribution in [-0.2, 0) is 9.53 Å². The minimum atomic E-state index is -0.538. The topological polar surface area (TPSA) is 58.6 Å².